The van der Waals surface area contributed by atoms with Crippen LogP contribution in [0.15, 0.2) is 54.9 Å². The third kappa shape index (κ3) is 6.40. The van der Waals surface area contributed by atoms with Gasteiger partial charge < -0.3 is 4.57 Å². The lowest BCUT2D eigenvalue weighted by molar-refractivity contribution is 1.10. The molecule has 0 aliphatic carbocycles. The molecule has 2 aromatic rings. The van der Waals surface area contributed by atoms with E-state index >= 15 is 0 Å². The minimum Gasteiger partial charge on any atom is -0.310 e. The molecule has 2 rings (SSSR count). The van der Waals surface area contributed by atoms with Crippen molar-refractivity contribution in [1.29, 1.82) is 0 Å². The molecule has 1 unspecified atom stereocenters. The van der Waals surface area contributed by atoms with Crippen LogP contribution in [0.5, 0.6) is 0 Å². The van der Waals surface area contributed by atoms with Gasteiger partial charge in [-0.25, -0.2) is 0 Å². The lowest BCUT2D eigenvalue weighted by Crippen LogP contribution is -2.03. The third-order valence-corrected chi connectivity index (χ3v) is 3.90. The van der Waals surface area contributed by atoms with Gasteiger partial charge in [-0.2, -0.15) is 0 Å². The molecule has 0 aliphatic heterocycles. The van der Waals surface area contributed by atoms with Crippen LogP contribution in [0.2, 0.25) is 0 Å². The molecule has 3 heteroatoms. The topological polar surface area (TPSA) is 4.93 Å². The van der Waals surface area contributed by atoms with Crippen molar-refractivity contribution in [3.8, 4) is 0 Å². The highest BCUT2D eigenvalue weighted by Gasteiger charge is 2.09. The molecule has 0 N–H and O–H groups in total. The Morgan fingerprint density at radius 2 is 1.45 bits per heavy atom. The summed E-state index contributed by atoms with van der Waals surface area (Å²) < 4.78 is 2.86. The Hall–Kier alpha value is -1.06. The van der Waals surface area contributed by atoms with Gasteiger partial charge in [0.1, 0.15) is 4.32 Å². The molecule has 1 aromatic heterocycles. The summed E-state index contributed by atoms with van der Waals surface area (Å²) in [7, 11) is 0. The molecule has 1 atom stereocenters. The summed E-state index contributed by atoms with van der Waals surface area (Å²) in [5.74, 6) is 0. The van der Waals surface area contributed by atoms with Gasteiger partial charge in [-0.3, -0.25) is 0 Å². The van der Waals surface area contributed by atoms with Crippen molar-refractivity contribution in [3.63, 3.8) is 0 Å². The van der Waals surface area contributed by atoms with Crippen molar-refractivity contribution in [2.24, 2.45) is 0 Å². The molecular formula is C17H25NS2. The first-order chi connectivity index (χ1) is 9.77. The van der Waals surface area contributed by atoms with Crippen LogP contribution in [-0.2, 0) is 0 Å². The Labute approximate surface area is 133 Å². The predicted molar refractivity (Wildman–Crippen MR) is 97.6 cm³/mol. The van der Waals surface area contributed by atoms with Crippen molar-refractivity contribution in [2.45, 2.75) is 39.9 Å². The number of thioether (sulfide) groups is 1. The third-order valence-electron chi connectivity index (χ3n) is 2.36. The van der Waals surface area contributed by atoms with Gasteiger partial charge in [-0.1, -0.05) is 82.0 Å². The minimum atomic E-state index is 0.385. The fourth-order valence-electron chi connectivity index (χ4n) is 1.46. The Balaban J connectivity index is 0.000000829. The average Bonchev–Trinajstić information content (AvgIpc) is 3.06. The lowest BCUT2D eigenvalue weighted by Gasteiger charge is -2.12. The van der Waals surface area contributed by atoms with Crippen LogP contribution in [0.4, 0.5) is 0 Å². The summed E-state index contributed by atoms with van der Waals surface area (Å²) in [5, 5.41) is 0.385. The highest BCUT2D eigenvalue weighted by molar-refractivity contribution is 8.23. The zero-order valence-corrected chi connectivity index (χ0v) is 14.7. The first-order valence-corrected chi connectivity index (χ1v) is 8.45. The molecule has 0 bridgehead atoms. The molecule has 20 heavy (non-hydrogen) atoms. The van der Waals surface area contributed by atoms with Gasteiger partial charge in [0.05, 0.1) is 0 Å². The number of thiocarbonyl (C=S) groups is 1. The summed E-state index contributed by atoms with van der Waals surface area (Å²) >= 11 is 7.08. The molecule has 1 nitrogen and oxygen atoms in total. The predicted octanol–water partition coefficient (Wildman–Crippen LogP) is 6.17. The highest BCUT2D eigenvalue weighted by atomic mass is 32.2. The number of hydrogen-bond donors (Lipinski definition) is 0. The van der Waals surface area contributed by atoms with Crippen molar-refractivity contribution in [3.05, 3.63) is 60.4 Å². The average molecular weight is 308 g/mol. The molecule has 0 amide bonds. The van der Waals surface area contributed by atoms with Gasteiger partial charge in [0, 0.05) is 17.6 Å². The molecule has 0 saturated carbocycles. The van der Waals surface area contributed by atoms with Crippen LogP contribution in [0, 0.1) is 0 Å². The second-order valence-corrected chi connectivity index (χ2v) is 5.50. The van der Waals surface area contributed by atoms with Gasteiger partial charge in [0.25, 0.3) is 0 Å². The summed E-state index contributed by atoms with van der Waals surface area (Å²) in [4.78, 5) is 0. The zero-order valence-electron chi connectivity index (χ0n) is 13.0. The Morgan fingerprint density at radius 3 is 1.95 bits per heavy atom. The quantitative estimate of drug-likeness (QED) is 0.611. The summed E-state index contributed by atoms with van der Waals surface area (Å²) in [5.41, 5.74) is 1.31. The van der Waals surface area contributed by atoms with Gasteiger partial charge in [-0.05, 0) is 24.6 Å². The van der Waals surface area contributed by atoms with E-state index < -0.39 is 0 Å². The van der Waals surface area contributed by atoms with Gasteiger partial charge >= 0.3 is 0 Å². The highest BCUT2D eigenvalue weighted by Crippen LogP contribution is 2.29. The fourth-order valence-corrected chi connectivity index (χ4v) is 2.85. The second kappa shape index (κ2) is 11.7. The Morgan fingerprint density at radius 1 is 0.950 bits per heavy atom. The van der Waals surface area contributed by atoms with Crippen molar-refractivity contribution in [2.75, 3.05) is 0 Å². The maximum absolute atomic E-state index is 5.38. The molecule has 0 spiro atoms. The normalized spacial score (nSPS) is 10.4. The second-order valence-electron chi connectivity index (χ2n) is 3.53. The van der Waals surface area contributed by atoms with Crippen LogP contribution < -0.4 is 0 Å². The van der Waals surface area contributed by atoms with E-state index in [0.29, 0.717) is 5.25 Å². The van der Waals surface area contributed by atoms with Gasteiger partial charge in [-0.15, -0.1) is 0 Å². The molecule has 0 fully saturated rings. The van der Waals surface area contributed by atoms with E-state index in [0.717, 1.165) is 4.32 Å². The SMILES string of the molecule is CC.CC.CC(SC(=S)n1cccc1)c1ccccc1. The van der Waals surface area contributed by atoms with E-state index in [1.807, 2.05) is 62.9 Å². The smallest absolute Gasteiger partial charge is 0.145 e. The van der Waals surface area contributed by atoms with Crippen molar-refractivity contribution >= 4 is 28.3 Å². The molecule has 0 radical (unpaired) electrons. The largest absolute Gasteiger partial charge is 0.310 e. The molecule has 1 aromatic carbocycles. The number of aromatic nitrogens is 1. The van der Waals surface area contributed by atoms with E-state index in [9.17, 15) is 0 Å². The maximum Gasteiger partial charge on any atom is 0.145 e. The standard InChI is InChI=1S/C13H13NS2.2C2H6/c1-11(12-7-3-2-4-8-12)16-13(15)14-9-5-6-10-14;2*1-2/h2-11H,1H3;2*1-2H3. The molecule has 0 aliphatic rings. The zero-order chi connectivity index (χ0) is 15.4. The summed E-state index contributed by atoms with van der Waals surface area (Å²) in [6.07, 6.45) is 3.96. The fraction of sp³-hybridized carbons (Fsp3) is 0.353. The molecule has 1 heterocycles. The van der Waals surface area contributed by atoms with Crippen molar-refractivity contribution < 1.29 is 0 Å². The molecule has 110 valence electrons. The monoisotopic (exact) mass is 307 g/mol. The van der Waals surface area contributed by atoms with E-state index in [2.05, 4.69) is 31.2 Å². The number of hydrogen-bond acceptors (Lipinski definition) is 2. The Kier molecular flexibility index (Phi) is 11.1. The van der Waals surface area contributed by atoms with Gasteiger partial charge in [0.2, 0.25) is 0 Å². The van der Waals surface area contributed by atoms with E-state index in [4.69, 9.17) is 12.2 Å². The van der Waals surface area contributed by atoms with E-state index in [1.165, 1.54) is 5.56 Å². The van der Waals surface area contributed by atoms with Crippen LogP contribution >= 0.6 is 24.0 Å². The lowest BCUT2D eigenvalue weighted by atomic mass is 10.2. The number of benzene rings is 1. The van der Waals surface area contributed by atoms with Gasteiger partial charge in [0.15, 0.2) is 0 Å². The minimum absolute atomic E-state index is 0.385. The molecule has 0 saturated heterocycles. The summed E-state index contributed by atoms with van der Waals surface area (Å²) in [6.45, 7) is 10.2. The number of nitrogens with zero attached hydrogens (tertiary/aromatic N) is 1. The van der Waals surface area contributed by atoms with Crippen LogP contribution in [-0.4, -0.2) is 8.89 Å². The van der Waals surface area contributed by atoms with Crippen LogP contribution in [0.3, 0.4) is 0 Å². The van der Waals surface area contributed by atoms with Crippen LogP contribution in [0.1, 0.15) is 45.4 Å². The maximum atomic E-state index is 5.38. The van der Waals surface area contributed by atoms with Crippen molar-refractivity contribution in [1.82, 2.24) is 4.57 Å². The first kappa shape index (κ1) is 18.9. The molecular weight excluding hydrogens is 282 g/mol. The first-order valence-electron chi connectivity index (χ1n) is 7.16. The van der Waals surface area contributed by atoms with Crippen LogP contribution in [0.25, 0.3) is 0 Å². The number of rotatable bonds is 2. The summed E-state index contributed by atoms with van der Waals surface area (Å²) in [6, 6.07) is 14.4. The van der Waals surface area contributed by atoms with E-state index in [-0.39, 0.29) is 0 Å². The Bertz CT molecular complexity index is 449. The van der Waals surface area contributed by atoms with E-state index in [1.54, 1.807) is 11.8 Å².